The summed E-state index contributed by atoms with van der Waals surface area (Å²) in [6, 6.07) is 18.3. The Kier molecular flexibility index (Phi) is 7.20. The van der Waals surface area contributed by atoms with E-state index in [2.05, 4.69) is 29.2 Å². The minimum Gasteiger partial charge on any atom is -0.383 e. The summed E-state index contributed by atoms with van der Waals surface area (Å²) in [7, 11) is 1.61. The van der Waals surface area contributed by atoms with E-state index in [4.69, 9.17) is 9.72 Å². The number of aromatic amines is 1. The summed E-state index contributed by atoms with van der Waals surface area (Å²) in [5.41, 5.74) is 3.23. The maximum Gasteiger partial charge on any atom is 0.278 e. The number of para-hydroxylation sites is 1. The average molecular weight is 491 g/mol. The van der Waals surface area contributed by atoms with Gasteiger partial charge in [0.25, 0.3) is 5.56 Å². The van der Waals surface area contributed by atoms with Gasteiger partial charge >= 0.3 is 0 Å². The predicted molar refractivity (Wildman–Crippen MR) is 140 cm³/mol. The van der Waals surface area contributed by atoms with E-state index in [9.17, 15) is 9.59 Å². The van der Waals surface area contributed by atoms with E-state index >= 15 is 0 Å². The van der Waals surface area contributed by atoms with Gasteiger partial charge in [-0.25, -0.2) is 4.98 Å². The van der Waals surface area contributed by atoms with Crippen molar-refractivity contribution in [3.05, 3.63) is 70.5 Å². The molecule has 1 fully saturated rings. The average Bonchev–Trinajstić information content (AvgIpc) is 3.27. The molecule has 0 bridgehead atoms. The van der Waals surface area contributed by atoms with Crippen molar-refractivity contribution in [3.63, 3.8) is 0 Å². The standard InChI is InChI=1S/C27H30N4O3S/c1-34-16-15-31-26(33)25-24(21-9-5-6-10-22(21)28-25)29-27(31)35-18-23(32)30-13-11-20(12-14-30)17-19-7-3-2-4-8-19/h2-10,20,28H,11-18H2,1H3. The maximum atomic E-state index is 13.3. The highest BCUT2D eigenvalue weighted by Gasteiger charge is 2.24. The van der Waals surface area contributed by atoms with Crippen LogP contribution >= 0.6 is 11.8 Å². The number of amides is 1. The molecule has 5 rings (SSSR count). The fraction of sp³-hybridized carbons (Fsp3) is 0.370. The van der Waals surface area contributed by atoms with Crippen LogP contribution in [0.3, 0.4) is 0 Å². The molecule has 1 aliphatic heterocycles. The first-order valence-electron chi connectivity index (χ1n) is 12.1. The van der Waals surface area contributed by atoms with E-state index in [-0.39, 0.29) is 17.2 Å². The number of nitrogens with zero attached hydrogens (tertiary/aromatic N) is 3. The Morgan fingerprint density at radius 3 is 2.63 bits per heavy atom. The summed E-state index contributed by atoms with van der Waals surface area (Å²) in [6.45, 7) is 2.34. The number of hydrogen-bond acceptors (Lipinski definition) is 5. The summed E-state index contributed by atoms with van der Waals surface area (Å²) >= 11 is 1.33. The molecule has 2 aromatic heterocycles. The minimum atomic E-state index is -0.139. The SMILES string of the molecule is COCCn1c(SCC(=O)N2CCC(Cc3ccccc3)CC2)nc2c([nH]c3ccccc32)c1=O. The van der Waals surface area contributed by atoms with Gasteiger partial charge in [-0.1, -0.05) is 60.3 Å². The molecule has 8 heteroatoms. The summed E-state index contributed by atoms with van der Waals surface area (Å²) in [4.78, 5) is 36.3. The number of carbonyl (C=O) groups excluding carboxylic acids is 1. The van der Waals surface area contributed by atoms with Gasteiger partial charge in [0.1, 0.15) is 11.0 Å². The maximum absolute atomic E-state index is 13.3. The molecule has 1 N–H and O–H groups in total. The Labute approximate surface area is 208 Å². The van der Waals surface area contributed by atoms with Gasteiger partial charge in [0.15, 0.2) is 5.16 Å². The van der Waals surface area contributed by atoms with Gasteiger partial charge in [-0.15, -0.1) is 0 Å². The second-order valence-electron chi connectivity index (χ2n) is 9.04. The number of thioether (sulfide) groups is 1. The molecule has 3 heterocycles. The van der Waals surface area contributed by atoms with Crippen LogP contribution in [-0.4, -0.2) is 57.9 Å². The van der Waals surface area contributed by atoms with Gasteiger partial charge in [0.05, 0.1) is 18.9 Å². The van der Waals surface area contributed by atoms with Crippen LogP contribution in [-0.2, 0) is 22.5 Å². The number of likely N-dealkylation sites (tertiary alicyclic amines) is 1. The lowest BCUT2D eigenvalue weighted by Gasteiger charge is -2.32. The smallest absolute Gasteiger partial charge is 0.278 e. The zero-order valence-corrected chi connectivity index (χ0v) is 20.7. The third-order valence-corrected chi connectivity index (χ3v) is 7.72. The number of carbonyl (C=O) groups is 1. The number of nitrogens with one attached hydrogen (secondary N) is 1. The predicted octanol–water partition coefficient (Wildman–Crippen LogP) is 4.10. The molecule has 0 saturated carbocycles. The van der Waals surface area contributed by atoms with Gasteiger partial charge in [-0.05, 0) is 36.8 Å². The van der Waals surface area contributed by atoms with Crippen LogP contribution in [0.5, 0.6) is 0 Å². The third kappa shape index (κ3) is 5.13. The van der Waals surface area contributed by atoms with Crippen LogP contribution in [0.1, 0.15) is 18.4 Å². The number of ether oxygens (including phenoxy) is 1. The van der Waals surface area contributed by atoms with Gasteiger partial charge in [0.2, 0.25) is 5.91 Å². The number of aromatic nitrogens is 3. The molecule has 0 unspecified atom stereocenters. The molecule has 0 radical (unpaired) electrons. The fourth-order valence-electron chi connectivity index (χ4n) is 4.82. The van der Waals surface area contributed by atoms with Crippen LogP contribution in [0.4, 0.5) is 0 Å². The van der Waals surface area contributed by atoms with Crippen LogP contribution in [0.25, 0.3) is 21.9 Å². The quantitative estimate of drug-likeness (QED) is 0.297. The topological polar surface area (TPSA) is 80.2 Å². The van der Waals surface area contributed by atoms with Crippen molar-refractivity contribution in [3.8, 4) is 0 Å². The highest BCUT2D eigenvalue weighted by atomic mass is 32.2. The summed E-state index contributed by atoms with van der Waals surface area (Å²) in [5.74, 6) is 0.968. The van der Waals surface area contributed by atoms with E-state index in [1.807, 2.05) is 35.2 Å². The molecular weight excluding hydrogens is 460 g/mol. The van der Waals surface area contributed by atoms with Crippen LogP contribution in [0.2, 0.25) is 0 Å². The summed E-state index contributed by atoms with van der Waals surface area (Å²) in [6.07, 6.45) is 3.10. The highest BCUT2D eigenvalue weighted by Crippen LogP contribution is 2.26. The summed E-state index contributed by atoms with van der Waals surface area (Å²) < 4.78 is 6.83. The lowest BCUT2D eigenvalue weighted by atomic mass is 9.90. The molecule has 2 aromatic carbocycles. The molecule has 182 valence electrons. The number of benzene rings is 2. The summed E-state index contributed by atoms with van der Waals surface area (Å²) in [5, 5.41) is 1.46. The van der Waals surface area contributed by atoms with Crippen molar-refractivity contribution in [2.45, 2.75) is 31.0 Å². The van der Waals surface area contributed by atoms with Crippen molar-refractivity contribution in [2.75, 3.05) is 32.6 Å². The first-order chi connectivity index (χ1) is 17.1. The van der Waals surface area contributed by atoms with E-state index in [1.165, 1.54) is 17.3 Å². The first-order valence-corrected chi connectivity index (χ1v) is 13.1. The van der Waals surface area contributed by atoms with Crippen molar-refractivity contribution >= 4 is 39.6 Å². The lowest BCUT2D eigenvalue weighted by Crippen LogP contribution is -2.40. The van der Waals surface area contributed by atoms with Crippen LogP contribution in [0.15, 0.2) is 64.5 Å². The lowest BCUT2D eigenvalue weighted by molar-refractivity contribution is -0.129. The minimum absolute atomic E-state index is 0.0970. The Morgan fingerprint density at radius 1 is 1.11 bits per heavy atom. The van der Waals surface area contributed by atoms with Crippen LogP contribution in [0, 0.1) is 5.92 Å². The van der Waals surface area contributed by atoms with Gasteiger partial charge in [-0.2, -0.15) is 0 Å². The normalized spacial score (nSPS) is 14.7. The van der Waals surface area contributed by atoms with Crippen molar-refractivity contribution in [1.82, 2.24) is 19.4 Å². The van der Waals surface area contributed by atoms with Crippen LogP contribution < -0.4 is 5.56 Å². The third-order valence-electron chi connectivity index (χ3n) is 6.75. The molecule has 7 nitrogen and oxygen atoms in total. The Balaban J connectivity index is 1.28. The molecule has 4 aromatic rings. The van der Waals surface area contributed by atoms with Gasteiger partial charge in [-0.3, -0.25) is 14.2 Å². The molecule has 1 aliphatic rings. The number of fused-ring (bicyclic) bond motifs is 3. The largest absolute Gasteiger partial charge is 0.383 e. The molecule has 35 heavy (non-hydrogen) atoms. The zero-order valence-electron chi connectivity index (χ0n) is 19.9. The zero-order chi connectivity index (χ0) is 24.2. The van der Waals surface area contributed by atoms with Crippen molar-refractivity contribution in [1.29, 1.82) is 0 Å². The number of rotatable bonds is 8. The molecule has 0 spiro atoms. The highest BCUT2D eigenvalue weighted by molar-refractivity contribution is 7.99. The molecule has 1 saturated heterocycles. The van der Waals surface area contributed by atoms with E-state index < -0.39 is 0 Å². The number of methoxy groups -OCH3 is 1. The number of H-pyrrole nitrogens is 1. The van der Waals surface area contributed by atoms with Crippen molar-refractivity contribution < 1.29 is 9.53 Å². The number of hydrogen-bond donors (Lipinski definition) is 1. The van der Waals surface area contributed by atoms with Gasteiger partial charge in [0, 0.05) is 31.1 Å². The Hall–Kier alpha value is -3.10. The van der Waals surface area contributed by atoms with E-state index in [0.29, 0.717) is 35.3 Å². The van der Waals surface area contributed by atoms with Gasteiger partial charge < -0.3 is 14.6 Å². The van der Waals surface area contributed by atoms with E-state index in [0.717, 1.165) is 43.3 Å². The first kappa shape index (κ1) is 23.6. The second-order valence-corrected chi connectivity index (χ2v) is 9.98. The second kappa shape index (κ2) is 10.7. The molecule has 0 aliphatic carbocycles. The number of piperidine rings is 1. The van der Waals surface area contributed by atoms with E-state index in [1.54, 1.807) is 11.7 Å². The Morgan fingerprint density at radius 2 is 1.86 bits per heavy atom. The van der Waals surface area contributed by atoms with Crippen molar-refractivity contribution in [2.24, 2.45) is 5.92 Å². The molecule has 1 amide bonds. The molecule has 0 atom stereocenters. The Bertz CT molecular complexity index is 1370. The molecular formula is C27H30N4O3S. The fourth-order valence-corrected chi connectivity index (χ4v) is 5.74. The monoisotopic (exact) mass is 490 g/mol.